The van der Waals surface area contributed by atoms with Crippen LogP contribution < -0.4 is 9.47 Å². The van der Waals surface area contributed by atoms with Crippen LogP contribution in [-0.4, -0.2) is 49.3 Å². The second kappa shape index (κ2) is 5.16. The Hall–Kier alpha value is -1.27. The molecule has 0 aliphatic carbocycles. The van der Waals surface area contributed by atoms with Crippen molar-refractivity contribution in [3.8, 4) is 11.5 Å². The number of likely N-dealkylation sites (tertiary alicyclic amines) is 1. The fraction of sp³-hybridized carbons (Fsp3) is 0.417. The van der Waals surface area contributed by atoms with Gasteiger partial charge >= 0.3 is 0 Å². The summed E-state index contributed by atoms with van der Waals surface area (Å²) in [5.41, 5.74) is 0.427. The zero-order valence-corrected chi connectivity index (χ0v) is 11.7. The van der Waals surface area contributed by atoms with E-state index in [1.807, 2.05) is 0 Å². The van der Waals surface area contributed by atoms with Gasteiger partial charge in [-0.1, -0.05) is 0 Å². The van der Waals surface area contributed by atoms with E-state index in [0.717, 1.165) is 0 Å². The molecule has 1 amide bonds. The van der Waals surface area contributed by atoms with Gasteiger partial charge in [-0.2, -0.15) is 0 Å². The van der Waals surface area contributed by atoms with Gasteiger partial charge in [0.15, 0.2) is 0 Å². The molecule has 1 saturated heterocycles. The number of nitrogens with zero attached hydrogens (tertiary/aromatic N) is 1. The quantitative estimate of drug-likeness (QED) is 0.913. The van der Waals surface area contributed by atoms with Crippen molar-refractivity contribution >= 4 is 21.8 Å². The molecule has 18 heavy (non-hydrogen) atoms. The number of amides is 1. The van der Waals surface area contributed by atoms with Gasteiger partial charge in [0.25, 0.3) is 5.91 Å². The predicted octanol–water partition coefficient (Wildman–Crippen LogP) is 1.28. The fourth-order valence-corrected chi connectivity index (χ4v) is 2.45. The van der Waals surface area contributed by atoms with Gasteiger partial charge in [0.05, 0.1) is 30.4 Å². The largest absolute Gasteiger partial charge is 0.497 e. The summed E-state index contributed by atoms with van der Waals surface area (Å²) in [4.78, 5) is 13.8. The van der Waals surface area contributed by atoms with E-state index in [0.29, 0.717) is 34.6 Å². The smallest absolute Gasteiger partial charge is 0.257 e. The molecule has 1 aliphatic rings. The maximum Gasteiger partial charge on any atom is 0.257 e. The van der Waals surface area contributed by atoms with E-state index in [9.17, 15) is 9.90 Å². The number of hydrogen-bond acceptors (Lipinski definition) is 4. The van der Waals surface area contributed by atoms with Gasteiger partial charge in [-0.05, 0) is 28.1 Å². The van der Waals surface area contributed by atoms with Crippen LogP contribution in [0.4, 0.5) is 0 Å². The molecule has 0 atom stereocenters. The number of β-amino-alcohol motifs (C(OH)–C–C–N with tert-alkyl or cyclic N) is 1. The van der Waals surface area contributed by atoms with Crippen molar-refractivity contribution in [3.63, 3.8) is 0 Å². The number of halogens is 1. The number of aliphatic hydroxyl groups is 1. The van der Waals surface area contributed by atoms with Crippen LogP contribution in [0.2, 0.25) is 0 Å². The Balaban J connectivity index is 2.35. The van der Waals surface area contributed by atoms with E-state index in [1.165, 1.54) is 14.2 Å². The van der Waals surface area contributed by atoms with Crippen LogP contribution in [0.3, 0.4) is 0 Å². The first-order chi connectivity index (χ1) is 8.56. The molecule has 0 radical (unpaired) electrons. The Morgan fingerprint density at radius 1 is 1.39 bits per heavy atom. The molecule has 1 fully saturated rings. The standard InChI is InChI=1S/C12H14BrNO4/c1-17-8-3-9(11(18-2)10(13)4-8)12(16)14-5-7(15)6-14/h3-4,7,15H,5-6H2,1-2H3. The predicted molar refractivity (Wildman–Crippen MR) is 69.2 cm³/mol. The lowest BCUT2D eigenvalue weighted by molar-refractivity contribution is 0.00567. The Morgan fingerprint density at radius 3 is 2.56 bits per heavy atom. The molecule has 1 N–H and O–H groups in total. The number of hydrogen-bond donors (Lipinski definition) is 1. The van der Waals surface area contributed by atoms with E-state index < -0.39 is 6.10 Å². The Kier molecular flexibility index (Phi) is 3.77. The third-order valence-electron chi connectivity index (χ3n) is 2.84. The van der Waals surface area contributed by atoms with Crippen LogP contribution in [-0.2, 0) is 0 Å². The molecule has 2 rings (SSSR count). The lowest BCUT2D eigenvalue weighted by atomic mass is 10.1. The second-order valence-corrected chi connectivity index (χ2v) is 4.91. The fourth-order valence-electron chi connectivity index (χ4n) is 1.84. The van der Waals surface area contributed by atoms with Crippen molar-refractivity contribution in [1.82, 2.24) is 4.90 Å². The summed E-state index contributed by atoms with van der Waals surface area (Å²) < 4.78 is 11.0. The first-order valence-electron chi connectivity index (χ1n) is 5.45. The van der Waals surface area contributed by atoms with Crippen molar-refractivity contribution < 1.29 is 19.4 Å². The number of carbonyl (C=O) groups is 1. The number of benzene rings is 1. The molecule has 1 aromatic carbocycles. The van der Waals surface area contributed by atoms with Crippen LogP contribution in [0.25, 0.3) is 0 Å². The Morgan fingerprint density at radius 2 is 2.06 bits per heavy atom. The second-order valence-electron chi connectivity index (χ2n) is 4.05. The third-order valence-corrected chi connectivity index (χ3v) is 3.43. The average molecular weight is 316 g/mol. The minimum absolute atomic E-state index is 0.170. The minimum atomic E-state index is -0.422. The topological polar surface area (TPSA) is 59.0 Å². The van der Waals surface area contributed by atoms with Gasteiger partial charge in [0, 0.05) is 13.1 Å². The highest BCUT2D eigenvalue weighted by atomic mass is 79.9. The minimum Gasteiger partial charge on any atom is -0.497 e. The molecule has 98 valence electrons. The number of methoxy groups -OCH3 is 2. The molecular formula is C12H14BrNO4. The molecule has 0 bridgehead atoms. The van der Waals surface area contributed by atoms with Gasteiger partial charge in [-0.25, -0.2) is 0 Å². The summed E-state index contributed by atoms with van der Waals surface area (Å²) in [5.74, 6) is 0.881. The van der Waals surface area contributed by atoms with Gasteiger partial charge < -0.3 is 19.5 Å². The molecule has 0 aromatic heterocycles. The van der Waals surface area contributed by atoms with Crippen molar-refractivity contribution in [3.05, 3.63) is 22.2 Å². The SMILES string of the molecule is COc1cc(Br)c(OC)c(C(=O)N2CC(O)C2)c1. The number of aliphatic hydroxyl groups excluding tert-OH is 1. The summed E-state index contributed by atoms with van der Waals surface area (Å²) in [5, 5.41) is 9.24. The first-order valence-corrected chi connectivity index (χ1v) is 6.25. The van der Waals surface area contributed by atoms with Crippen molar-refractivity contribution in [1.29, 1.82) is 0 Å². The van der Waals surface area contributed by atoms with E-state index in [4.69, 9.17) is 9.47 Å². The highest BCUT2D eigenvalue weighted by molar-refractivity contribution is 9.10. The van der Waals surface area contributed by atoms with Gasteiger partial charge in [-0.15, -0.1) is 0 Å². The first kappa shape index (κ1) is 13.2. The Bertz CT molecular complexity index is 471. The van der Waals surface area contributed by atoms with Crippen LogP contribution >= 0.6 is 15.9 Å². The number of ether oxygens (including phenoxy) is 2. The van der Waals surface area contributed by atoms with E-state index in [2.05, 4.69) is 15.9 Å². The summed E-state index contributed by atoms with van der Waals surface area (Å²) in [7, 11) is 3.05. The highest BCUT2D eigenvalue weighted by Gasteiger charge is 2.31. The van der Waals surface area contributed by atoms with Crippen LogP contribution in [0, 0.1) is 0 Å². The van der Waals surface area contributed by atoms with Crippen molar-refractivity contribution in [2.24, 2.45) is 0 Å². The average Bonchev–Trinajstić information content (AvgIpc) is 2.33. The van der Waals surface area contributed by atoms with Crippen LogP contribution in [0.15, 0.2) is 16.6 Å². The molecule has 6 heteroatoms. The van der Waals surface area contributed by atoms with Crippen LogP contribution in [0.1, 0.15) is 10.4 Å². The molecule has 1 aliphatic heterocycles. The normalized spacial score (nSPS) is 15.2. The number of carbonyl (C=O) groups excluding carboxylic acids is 1. The highest BCUT2D eigenvalue weighted by Crippen LogP contribution is 2.34. The lowest BCUT2D eigenvalue weighted by Crippen LogP contribution is -2.53. The zero-order valence-electron chi connectivity index (χ0n) is 10.1. The Labute approximate surface area is 113 Å². The maximum absolute atomic E-state index is 12.2. The monoisotopic (exact) mass is 315 g/mol. The molecule has 1 aromatic rings. The van der Waals surface area contributed by atoms with E-state index in [1.54, 1.807) is 17.0 Å². The van der Waals surface area contributed by atoms with Gasteiger partial charge in [0.2, 0.25) is 0 Å². The van der Waals surface area contributed by atoms with E-state index in [-0.39, 0.29) is 5.91 Å². The third kappa shape index (κ3) is 2.30. The number of rotatable bonds is 3. The summed E-state index contributed by atoms with van der Waals surface area (Å²) in [6.45, 7) is 0.716. The maximum atomic E-state index is 12.2. The molecule has 1 heterocycles. The van der Waals surface area contributed by atoms with Crippen molar-refractivity contribution in [2.75, 3.05) is 27.3 Å². The summed E-state index contributed by atoms with van der Waals surface area (Å²) in [6, 6.07) is 3.37. The molecular weight excluding hydrogens is 302 g/mol. The molecule has 0 spiro atoms. The summed E-state index contributed by atoms with van der Waals surface area (Å²) in [6.07, 6.45) is -0.422. The lowest BCUT2D eigenvalue weighted by Gasteiger charge is -2.36. The van der Waals surface area contributed by atoms with Gasteiger partial charge in [0.1, 0.15) is 11.5 Å². The molecule has 5 nitrogen and oxygen atoms in total. The van der Waals surface area contributed by atoms with E-state index >= 15 is 0 Å². The summed E-state index contributed by atoms with van der Waals surface area (Å²) >= 11 is 3.34. The van der Waals surface area contributed by atoms with Gasteiger partial charge in [-0.3, -0.25) is 4.79 Å². The van der Waals surface area contributed by atoms with Crippen molar-refractivity contribution in [2.45, 2.75) is 6.10 Å². The zero-order chi connectivity index (χ0) is 13.3. The molecule has 0 saturated carbocycles. The van der Waals surface area contributed by atoms with Crippen LogP contribution in [0.5, 0.6) is 11.5 Å². The molecule has 0 unspecified atom stereocenters.